The van der Waals surface area contributed by atoms with Gasteiger partial charge in [-0.05, 0) is 98.1 Å². The normalized spacial score (nSPS) is 12.4. The van der Waals surface area contributed by atoms with Crippen LogP contribution in [0.4, 0.5) is 0 Å². The van der Waals surface area contributed by atoms with Crippen molar-refractivity contribution in [2.45, 2.75) is 19.3 Å². The van der Waals surface area contributed by atoms with Gasteiger partial charge in [-0.2, -0.15) is 0 Å². The van der Waals surface area contributed by atoms with Crippen molar-refractivity contribution in [3.63, 3.8) is 0 Å². The maximum absolute atomic E-state index is 5.12. The highest BCUT2D eigenvalue weighted by atomic mass is 14.9. The van der Waals surface area contributed by atoms with Crippen LogP contribution in [0, 0.1) is 0 Å². The maximum atomic E-state index is 5.12. The molecule has 1 aliphatic carbocycles. The van der Waals surface area contributed by atoms with Crippen molar-refractivity contribution < 1.29 is 0 Å². The average Bonchev–Trinajstić information content (AvgIpc) is 3.59. The zero-order valence-electron chi connectivity index (χ0n) is 35.2. The predicted octanol–water partition coefficient (Wildman–Crippen LogP) is 15.5. The van der Waals surface area contributed by atoms with Crippen LogP contribution >= 0.6 is 0 Å². The average molecular weight is 806 g/mol. The van der Waals surface area contributed by atoms with Crippen molar-refractivity contribution in [2.75, 3.05) is 0 Å². The number of benzene rings is 8. The fourth-order valence-electron chi connectivity index (χ4n) is 9.11. The number of rotatable bonds is 8. The summed E-state index contributed by atoms with van der Waals surface area (Å²) >= 11 is 0. The summed E-state index contributed by atoms with van der Waals surface area (Å²) in [6, 6.07) is 79.7. The van der Waals surface area contributed by atoms with Gasteiger partial charge in [0.15, 0.2) is 5.82 Å². The van der Waals surface area contributed by atoms with Crippen LogP contribution in [-0.2, 0) is 5.41 Å². The molecule has 0 atom stereocenters. The lowest BCUT2D eigenvalue weighted by Gasteiger charge is -2.23. The number of pyridine rings is 1. The van der Waals surface area contributed by atoms with Gasteiger partial charge in [0.05, 0.1) is 22.8 Å². The molecular formula is C60H43N3. The van der Waals surface area contributed by atoms with Crippen molar-refractivity contribution in [1.29, 1.82) is 0 Å². The van der Waals surface area contributed by atoms with Gasteiger partial charge in [0.1, 0.15) is 0 Å². The van der Waals surface area contributed by atoms with Crippen molar-refractivity contribution in [3.05, 3.63) is 236 Å². The Morgan fingerprint density at radius 2 is 0.603 bits per heavy atom. The van der Waals surface area contributed by atoms with E-state index in [-0.39, 0.29) is 5.41 Å². The highest BCUT2D eigenvalue weighted by Crippen LogP contribution is 2.51. The first kappa shape index (κ1) is 38.0. The van der Waals surface area contributed by atoms with E-state index in [4.69, 9.17) is 15.0 Å². The summed E-state index contributed by atoms with van der Waals surface area (Å²) in [7, 11) is 0. The second-order valence-electron chi connectivity index (χ2n) is 16.9. The zero-order chi connectivity index (χ0) is 42.3. The van der Waals surface area contributed by atoms with Crippen molar-refractivity contribution in [3.8, 4) is 101 Å². The standard InChI is InChI=1S/C60H43N3/c1-60(2)53-35-47(44-25-15-27-46(33-44)50-37-55(40-17-7-3-8-18-40)61-56(38-50)41-19-9-4-10-20-41)29-31-51(53)52-32-30-48(36-54(52)60)45-26-16-28-49(34-45)58-39-57(42-21-11-5-12-22-42)62-59(63-58)43-23-13-6-14-24-43/h3-39H,1-2H3. The summed E-state index contributed by atoms with van der Waals surface area (Å²) in [5, 5.41) is 0. The van der Waals surface area contributed by atoms with Crippen LogP contribution in [0.5, 0.6) is 0 Å². The Bertz CT molecular complexity index is 2950. The van der Waals surface area contributed by atoms with Gasteiger partial charge in [0.2, 0.25) is 0 Å². The van der Waals surface area contributed by atoms with E-state index in [9.17, 15) is 0 Å². The topological polar surface area (TPSA) is 38.7 Å². The largest absolute Gasteiger partial charge is 0.248 e. The summed E-state index contributed by atoms with van der Waals surface area (Å²) in [6.07, 6.45) is 0. The molecule has 63 heavy (non-hydrogen) atoms. The number of nitrogens with zero attached hydrogens (tertiary/aromatic N) is 3. The third-order valence-corrected chi connectivity index (χ3v) is 12.5. The molecule has 0 aliphatic heterocycles. The molecule has 10 aromatic rings. The Hall–Kier alpha value is -8.01. The molecule has 3 heteroatoms. The van der Waals surface area contributed by atoms with E-state index in [0.29, 0.717) is 5.82 Å². The molecule has 0 unspecified atom stereocenters. The van der Waals surface area contributed by atoms with Gasteiger partial charge in [-0.25, -0.2) is 15.0 Å². The van der Waals surface area contributed by atoms with E-state index in [0.717, 1.165) is 67.3 Å². The second-order valence-corrected chi connectivity index (χ2v) is 16.9. The minimum absolute atomic E-state index is 0.200. The van der Waals surface area contributed by atoms with Gasteiger partial charge in [-0.15, -0.1) is 0 Å². The predicted molar refractivity (Wildman–Crippen MR) is 261 cm³/mol. The molecule has 0 saturated carbocycles. The smallest absolute Gasteiger partial charge is 0.160 e. The Kier molecular flexibility index (Phi) is 9.51. The molecule has 0 fully saturated rings. The van der Waals surface area contributed by atoms with Gasteiger partial charge in [0, 0.05) is 33.2 Å². The van der Waals surface area contributed by atoms with Crippen molar-refractivity contribution >= 4 is 0 Å². The Morgan fingerprint density at radius 1 is 0.254 bits per heavy atom. The molecule has 0 amide bonds. The van der Waals surface area contributed by atoms with E-state index in [1.165, 1.54) is 38.9 Å². The van der Waals surface area contributed by atoms with E-state index in [2.05, 4.69) is 202 Å². The molecule has 2 aromatic heterocycles. The van der Waals surface area contributed by atoms with Crippen LogP contribution in [0.3, 0.4) is 0 Å². The van der Waals surface area contributed by atoms with E-state index in [1.807, 2.05) is 36.4 Å². The Labute approximate surface area is 369 Å². The molecule has 0 bridgehead atoms. The van der Waals surface area contributed by atoms with E-state index in [1.54, 1.807) is 0 Å². The van der Waals surface area contributed by atoms with Crippen LogP contribution in [-0.4, -0.2) is 15.0 Å². The van der Waals surface area contributed by atoms with Crippen LogP contribution in [0.25, 0.3) is 101 Å². The molecular weight excluding hydrogens is 763 g/mol. The molecule has 0 N–H and O–H groups in total. The fraction of sp³-hybridized carbons (Fsp3) is 0.0500. The lowest BCUT2D eigenvalue weighted by molar-refractivity contribution is 0.661. The highest BCUT2D eigenvalue weighted by molar-refractivity contribution is 5.87. The van der Waals surface area contributed by atoms with Crippen LogP contribution in [0.2, 0.25) is 0 Å². The SMILES string of the molecule is CC1(C)c2cc(-c3cccc(-c4cc(-c5ccccc5)nc(-c5ccccc5)c4)c3)ccc2-c2ccc(-c3cccc(-c4cc(-c5ccccc5)nc(-c5ccccc5)n4)c3)cc21. The molecule has 0 spiro atoms. The molecule has 11 rings (SSSR count). The van der Waals surface area contributed by atoms with Crippen molar-refractivity contribution in [2.24, 2.45) is 0 Å². The van der Waals surface area contributed by atoms with Crippen LogP contribution < -0.4 is 0 Å². The maximum Gasteiger partial charge on any atom is 0.160 e. The number of hydrogen-bond donors (Lipinski definition) is 0. The summed E-state index contributed by atoms with van der Waals surface area (Å²) < 4.78 is 0. The summed E-state index contributed by atoms with van der Waals surface area (Å²) in [5.41, 5.74) is 21.2. The van der Waals surface area contributed by atoms with Crippen molar-refractivity contribution in [1.82, 2.24) is 15.0 Å². The first-order chi connectivity index (χ1) is 30.9. The monoisotopic (exact) mass is 805 g/mol. The molecule has 298 valence electrons. The minimum atomic E-state index is -0.200. The first-order valence-corrected chi connectivity index (χ1v) is 21.6. The summed E-state index contributed by atoms with van der Waals surface area (Å²) in [5.74, 6) is 0.715. The van der Waals surface area contributed by atoms with Gasteiger partial charge < -0.3 is 0 Å². The molecule has 0 radical (unpaired) electrons. The zero-order valence-corrected chi connectivity index (χ0v) is 35.2. The Balaban J connectivity index is 0.927. The third-order valence-electron chi connectivity index (χ3n) is 12.5. The van der Waals surface area contributed by atoms with Crippen LogP contribution in [0.15, 0.2) is 224 Å². The fourth-order valence-corrected chi connectivity index (χ4v) is 9.11. The van der Waals surface area contributed by atoms with Crippen LogP contribution in [0.1, 0.15) is 25.0 Å². The molecule has 2 heterocycles. The molecule has 3 nitrogen and oxygen atoms in total. The molecule has 0 saturated heterocycles. The third kappa shape index (κ3) is 7.24. The van der Waals surface area contributed by atoms with Gasteiger partial charge in [-0.1, -0.05) is 196 Å². The minimum Gasteiger partial charge on any atom is -0.248 e. The number of aromatic nitrogens is 3. The van der Waals surface area contributed by atoms with E-state index < -0.39 is 0 Å². The van der Waals surface area contributed by atoms with Gasteiger partial charge >= 0.3 is 0 Å². The molecule has 1 aliphatic rings. The summed E-state index contributed by atoms with van der Waals surface area (Å²) in [6.45, 7) is 4.73. The number of fused-ring (bicyclic) bond motifs is 3. The lowest BCUT2D eigenvalue weighted by Crippen LogP contribution is -2.15. The van der Waals surface area contributed by atoms with Gasteiger partial charge in [0.25, 0.3) is 0 Å². The summed E-state index contributed by atoms with van der Waals surface area (Å²) in [4.78, 5) is 15.2. The second kappa shape index (κ2) is 15.8. The van der Waals surface area contributed by atoms with E-state index >= 15 is 0 Å². The number of hydrogen-bond acceptors (Lipinski definition) is 3. The quantitative estimate of drug-likeness (QED) is 0.154. The highest BCUT2D eigenvalue weighted by Gasteiger charge is 2.36. The first-order valence-electron chi connectivity index (χ1n) is 21.6. The Morgan fingerprint density at radius 3 is 1.08 bits per heavy atom. The van der Waals surface area contributed by atoms with Gasteiger partial charge in [-0.3, -0.25) is 0 Å². The lowest BCUT2D eigenvalue weighted by atomic mass is 9.80. The molecule has 8 aromatic carbocycles.